The van der Waals surface area contributed by atoms with E-state index in [0.29, 0.717) is 33.6 Å². The van der Waals surface area contributed by atoms with Crippen LogP contribution in [0, 0.1) is 5.82 Å². The van der Waals surface area contributed by atoms with Crippen molar-refractivity contribution in [3.8, 4) is 11.4 Å². The van der Waals surface area contributed by atoms with Gasteiger partial charge in [-0.15, -0.1) is 0 Å². The van der Waals surface area contributed by atoms with Crippen LogP contribution in [0.4, 0.5) is 4.39 Å². The summed E-state index contributed by atoms with van der Waals surface area (Å²) in [4.78, 5) is 24.9. The summed E-state index contributed by atoms with van der Waals surface area (Å²) < 4.78 is 15.2. The van der Waals surface area contributed by atoms with Crippen LogP contribution in [0.15, 0.2) is 30.6 Å². The van der Waals surface area contributed by atoms with Crippen LogP contribution < -0.4 is 11.1 Å². The largest absolute Gasteiger partial charge is 0.347 e. The number of benzene rings is 1. The Morgan fingerprint density at radius 2 is 2.21 bits per heavy atom. The minimum atomic E-state index is -0.331. The Bertz CT molecular complexity index is 1270. The summed E-state index contributed by atoms with van der Waals surface area (Å²) in [5.41, 5.74) is 8.72. The van der Waals surface area contributed by atoms with E-state index < -0.39 is 0 Å². The van der Waals surface area contributed by atoms with Gasteiger partial charge in [-0.1, -0.05) is 0 Å². The number of rotatable bonds is 3. The predicted molar refractivity (Wildman–Crippen MR) is 107 cm³/mol. The third-order valence-electron chi connectivity index (χ3n) is 5.52. The van der Waals surface area contributed by atoms with E-state index in [2.05, 4.69) is 25.4 Å². The van der Waals surface area contributed by atoms with E-state index in [4.69, 9.17) is 5.73 Å². The molecular formula is C20H20FN7O. The van der Waals surface area contributed by atoms with Crippen molar-refractivity contribution in [2.75, 3.05) is 0 Å². The summed E-state index contributed by atoms with van der Waals surface area (Å²) in [7, 11) is 1.75. The fraction of sp³-hybridized carbons (Fsp3) is 0.300. The first kappa shape index (κ1) is 17.7. The van der Waals surface area contributed by atoms with Crippen LogP contribution in [0.1, 0.15) is 30.1 Å². The lowest BCUT2D eigenvalue weighted by molar-refractivity contribution is 0.0828. The maximum atomic E-state index is 13.6. The van der Waals surface area contributed by atoms with Gasteiger partial charge >= 0.3 is 0 Å². The number of fused-ring (bicyclic) bond motifs is 2. The Balaban J connectivity index is 1.56. The van der Waals surface area contributed by atoms with Crippen LogP contribution in [0.2, 0.25) is 0 Å². The number of hydrogen-bond donors (Lipinski definition) is 3. The molecule has 1 aliphatic carbocycles. The van der Waals surface area contributed by atoms with Crippen molar-refractivity contribution in [1.29, 1.82) is 0 Å². The van der Waals surface area contributed by atoms with Gasteiger partial charge in [0.2, 0.25) is 0 Å². The molecule has 0 saturated heterocycles. The number of aromatic nitrogens is 5. The minimum absolute atomic E-state index is 0.122. The third kappa shape index (κ3) is 2.85. The molecule has 0 spiro atoms. The second-order valence-electron chi connectivity index (χ2n) is 7.97. The molecule has 29 heavy (non-hydrogen) atoms. The maximum Gasteiger partial charge on any atom is 0.255 e. The van der Waals surface area contributed by atoms with E-state index in [1.54, 1.807) is 30.2 Å². The van der Waals surface area contributed by atoms with Crippen molar-refractivity contribution in [3.63, 3.8) is 0 Å². The fourth-order valence-electron chi connectivity index (χ4n) is 4.14. The van der Waals surface area contributed by atoms with Crippen LogP contribution in [-0.2, 0) is 7.05 Å². The highest BCUT2D eigenvalue weighted by molar-refractivity contribution is 6.05. The van der Waals surface area contributed by atoms with Crippen LogP contribution >= 0.6 is 0 Å². The molecule has 3 heterocycles. The normalized spacial score (nSPS) is 21.4. The Labute approximate surface area is 165 Å². The topological polar surface area (TPSA) is 115 Å². The molecule has 0 aliphatic heterocycles. The number of carbonyl (C=O) groups is 1. The molecule has 0 atom stereocenters. The first-order chi connectivity index (χ1) is 13.8. The zero-order valence-corrected chi connectivity index (χ0v) is 16.0. The van der Waals surface area contributed by atoms with E-state index >= 15 is 0 Å². The van der Waals surface area contributed by atoms with Crippen molar-refractivity contribution in [3.05, 3.63) is 42.0 Å². The molecule has 0 bridgehead atoms. The molecule has 3 aromatic heterocycles. The number of amides is 1. The summed E-state index contributed by atoms with van der Waals surface area (Å²) in [6.45, 7) is 1.99. The molecule has 1 saturated carbocycles. The number of nitrogens with zero attached hydrogens (tertiary/aromatic N) is 4. The molecule has 4 N–H and O–H groups in total. The number of aryl methyl sites for hydroxylation is 1. The van der Waals surface area contributed by atoms with E-state index in [-0.39, 0.29) is 23.3 Å². The molecule has 0 radical (unpaired) electrons. The lowest BCUT2D eigenvalue weighted by atomic mass is 9.74. The molecule has 9 heteroatoms. The first-order valence-corrected chi connectivity index (χ1v) is 9.38. The van der Waals surface area contributed by atoms with Gasteiger partial charge in [0, 0.05) is 30.2 Å². The summed E-state index contributed by atoms with van der Waals surface area (Å²) in [5.74, 6) is -0.549. The van der Waals surface area contributed by atoms with Crippen LogP contribution in [0.3, 0.4) is 0 Å². The Morgan fingerprint density at radius 3 is 2.97 bits per heavy atom. The highest BCUT2D eigenvalue weighted by Gasteiger charge is 2.39. The molecule has 148 valence electrons. The molecule has 5 rings (SSSR count). The van der Waals surface area contributed by atoms with Crippen molar-refractivity contribution >= 4 is 28.0 Å². The molecule has 1 aromatic carbocycles. The number of nitrogens with two attached hydrogens (primary N) is 1. The number of aromatic amines is 1. The summed E-state index contributed by atoms with van der Waals surface area (Å²) in [5, 5.41) is 8.29. The van der Waals surface area contributed by atoms with E-state index in [0.717, 1.165) is 18.2 Å². The van der Waals surface area contributed by atoms with Crippen LogP contribution in [0.5, 0.6) is 0 Å². The molecule has 4 aromatic rings. The van der Waals surface area contributed by atoms with Gasteiger partial charge in [0.15, 0.2) is 5.65 Å². The number of carbonyl (C=O) groups excluding carboxylic acids is 1. The standard InChI is InChI=1S/C20H20FN7O/c1-20(6-11(22)7-20)26-19(29)13-8-23-18-17(13)25-14(9-24-18)16-12-4-3-10(21)5-15(12)28(2)27-16/h3-5,8-9,11H,6-7,22H2,1-2H3,(H,23,24)(H,26,29)/t11-,20-. The Kier molecular flexibility index (Phi) is 3.72. The van der Waals surface area contributed by atoms with Gasteiger partial charge in [0.25, 0.3) is 5.91 Å². The molecule has 1 fully saturated rings. The predicted octanol–water partition coefficient (Wildman–Crippen LogP) is 2.26. The van der Waals surface area contributed by atoms with E-state index in [1.165, 1.54) is 12.1 Å². The van der Waals surface area contributed by atoms with Crippen LogP contribution in [-0.4, -0.2) is 42.2 Å². The Hall–Kier alpha value is -3.33. The smallest absolute Gasteiger partial charge is 0.255 e. The maximum absolute atomic E-state index is 13.6. The summed E-state index contributed by atoms with van der Waals surface area (Å²) in [6, 6.07) is 4.61. The van der Waals surface area contributed by atoms with Crippen molar-refractivity contribution < 1.29 is 9.18 Å². The van der Waals surface area contributed by atoms with Crippen LogP contribution in [0.25, 0.3) is 33.5 Å². The zero-order valence-electron chi connectivity index (χ0n) is 16.0. The van der Waals surface area contributed by atoms with Gasteiger partial charge in [-0.3, -0.25) is 9.48 Å². The monoisotopic (exact) mass is 393 g/mol. The number of H-pyrrole nitrogens is 1. The van der Waals surface area contributed by atoms with Gasteiger partial charge in [-0.05, 0) is 38.0 Å². The van der Waals surface area contributed by atoms with Gasteiger partial charge < -0.3 is 16.0 Å². The minimum Gasteiger partial charge on any atom is -0.347 e. The lowest BCUT2D eigenvalue weighted by Crippen LogP contribution is -2.59. The van der Waals surface area contributed by atoms with Crippen molar-refractivity contribution in [2.24, 2.45) is 12.8 Å². The SMILES string of the molecule is Cn1nc(-c2cnc3[nH]cc(C(=O)N[C@]4(C)C[C@@H](N)C4)c3n2)c2ccc(F)cc21. The first-order valence-electron chi connectivity index (χ1n) is 9.38. The zero-order chi connectivity index (χ0) is 20.3. The number of halogens is 1. The van der Waals surface area contributed by atoms with Crippen molar-refractivity contribution in [1.82, 2.24) is 30.0 Å². The average Bonchev–Trinajstić information content (AvgIpc) is 3.21. The van der Waals surface area contributed by atoms with Crippen molar-refractivity contribution in [2.45, 2.75) is 31.3 Å². The lowest BCUT2D eigenvalue weighted by Gasteiger charge is -2.43. The second-order valence-corrected chi connectivity index (χ2v) is 7.97. The average molecular weight is 393 g/mol. The fourth-order valence-corrected chi connectivity index (χ4v) is 4.14. The van der Waals surface area contributed by atoms with Gasteiger partial charge in [0.05, 0.1) is 17.3 Å². The second kappa shape index (κ2) is 6.08. The molecule has 1 aliphatic rings. The molecular weight excluding hydrogens is 373 g/mol. The van der Waals surface area contributed by atoms with Gasteiger partial charge in [-0.25, -0.2) is 14.4 Å². The number of hydrogen-bond acceptors (Lipinski definition) is 5. The third-order valence-corrected chi connectivity index (χ3v) is 5.52. The quantitative estimate of drug-likeness (QED) is 0.494. The van der Waals surface area contributed by atoms with Gasteiger partial charge in [-0.2, -0.15) is 5.10 Å². The molecule has 1 amide bonds. The summed E-state index contributed by atoms with van der Waals surface area (Å²) >= 11 is 0. The highest BCUT2D eigenvalue weighted by atomic mass is 19.1. The summed E-state index contributed by atoms with van der Waals surface area (Å²) in [6.07, 6.45) is 4.69. The van der Waals surface area contributed by atoms with E-state index in [9.17, 15) is 9.18 Å². The Morgan fingerprint density at radius 1 is 1.41 bits per heavy atom. The van der Waals surface area contributed by atoms with Gasteiger partial charge in [0.1, 0.15) is 22.7 Å². The molecule has 8 nitrogen and oxygen atoms in total. The molecule has 0 unspecified atom stereocenters. The van der Waals surface area contributed by atoms with E-state index in [1.807, 2.05) is 6.92 Å². The number of nitrogens with one attached hydrogen (secondary N) is 2. The highest BCUT2D eigenvalue weighted by Crippen LogP contribution is 2.31.